The molecule has 2 unspecified atom stereocenters. The van der Waals surface area contributed by atoms with Crippen LogP contribution in [-0.2, 0) is 0 Å². The van der Waals surface area contributed by atoms with Crippen LogP contribution in [0, 0.1) is 11.8 Å². The number of aliphatic hydroxyl groups is 1. The lowest BCUT2D eigenvalue weighted by atomic mass is 9.88. The summed E-state index contributed by atoms with van der Waals surface area (Å²) in [6.07, 6.45) is 6.58. The summed E-state index contributed by atoms with van der Waals surface area (Å²) in [6.45, 7) is 8.03. The minimum atomic E-state index is -0.548. The van der Waals surface area contributed by atoms with Gasteiger partial charge in [0.25, 0.3) is 0 Å². The summed E-state index contributed by atoms with van der Waals surface area (Å²) in [6, 6.07) is 0. The highest BCUT2D eigenvalue weighted by Crippen LogP contribution is 2.24. The highest BCUT2D eigenvalue weighted by atomic mass is 16.3. The van der Waals surface area contributed by atoms with Crippen LogP contribution < -0.4 is 5.32 Å². The summed E-state index contributed by atoms with van der Waals surface area (Å²) in [4.78, 5) is 0. The summed E-state index contributed by atoms with van der Waals surface area (Å²) >= 11 is 0. The summed E-state index contributed by atoms with van der Waals surface area (Å²) in [5.74, 6) is 1.23. The van der Waals surface area contributed by atoms with Gasteiger partial charge in [-0.2, -0.15) is 0 Å². The third-order valence-corrected chi connectivity index (χ3v) is 4.06. The molecule has 2 N–H and O–H groups in total. The van der Waals surface area contributed by atoms with Gasteiger partial charge in [-0.15, -0.1) is 0 Å². The second-order valence-corrected chi connectivity index (χ2v) is 5.45. The van der Waals surface area contributed by atoms with E-state index >= 15 is 0 Å². The fourth-order valence-corrected chi connectivity index (χ4v) is 2.36. The van der Waals surface area contributed by atoms with Gasteiger partial charge in [0.2, 0.25) is 0 Å². The number of hydrogen-bond donors (Lipinski definition) is 2. The Morgan fingerprint density at radius 1 is 1.40 bits per heavy atom. The first-order valence-electron chi connectivity index (χ1n) is 6.49. The topological polar surface area (TPSA) is 32.3 Å². The average Bonchev–Trinajstić information content (AvgIpc) is 2.69. The van der Waals surface area contributed by atoms with Gasteiger partial charge in [0, 0.05) is 6.54 Å². The molecule has 1 fully saturated rings. The largest absolute Gasteiger partial charge is 0.389 e. The van der Waals surface area contributed by atoms with Crippen molar-refractivity contribution in [2.24, 2.45) is 11.8 Å². The van der Waals surface area contributed by atoms with Crippen LogP contribution in [0.2, 0.25) is 0 Å². The summed E-state index contributed by atoms with van der Waals surface area (Å²) in [5.41, 5.74) is -0.548. The lowest BCUT2D eigenvalue weighted by Gasteiger charge is -2.30. The van der Waals surface area contributed by atoms with Crippen molar-refractivity contribution in [3.05, 3.63) is 0 Å². The van der Waals surface area contributed by atoms with E-state index in [1.54, 1.807) is 0 Å². The molecule has 0 saturated heterocycles. The first kappa shape index (κ1) is 13.0. The molecule has 15 heavy (non-hydrogen) atoms. The van der Waals surface area contributed by atoms with Gasteiger partial charge in [-0.05, 0) is 38.1 Å². The normalized spacial score (nSPS) is 24.0. The highest BCUT2D eigenvalue weighted by molar-refractivity contribution is 4.81. The van der Waals surface area contributed by atoms with Crippen LogP contribution in [0.4, 0.5) is 0 Å². The van der Waals surface area contributed by atoms with Gasteiger partial charge in [-0.3, -0.25) is 0 Å². The van der Waals surface area contributed by atoms with Crippen LogP contribution in [0.5, 0.6) is 0 Å². The zero-order chi connectivity index (χ0) is 11.3. The van der Waals surface area contributed by atoms with Crippen LogP contribution >= 0.6 is 0 Å². The van der Waals surface area contributed by atoms with Crippen LogP contribution in [0.1, 0.15) is 52.9 Å². The van der Waals surface area contributed by atoms with Gasteiger partial charge in [0.15, 0.2) is 0 Å². The van der Waals surface area contributed by atoms with Crippen LogP contribution in [0.15, 0.2) is 0 Å². The van der Waals surface area contributed by atoms with Gasteiger partial charge in [-0.1, -0.05) is 33.1 Å². The fourth-order valence-electron chi connectivity index (χ4n) is 2.36. The number of nitrogens with one attached hydrogen (secondary N) is 1. The lowest BCUT2D eigenvalue weighted by molar-refractivity contribution is 0.00504. The molecule has 1 aliphatic carbocycles. The molecule has 1 saturated carbocycles. The average molecular weight is 213 g/mol. The molecule has 90 valence electrons. The fraction of sp³-hybridized carbons (Fsp3) is 1.00. The zero-order valence-electron chi connectivity index (χ0n) is 10.6. The minimum absolute atomic E-state index is 0.369. The first-order chi connectivity index (χ1) is 7.06. The van der Waals surface area contributed by atoms with E-state index in [1.807, 2.05) is 6.92 Å². The van der Waals surface area contributed by atoms with Crippen molar-refractivity contribution in [2.75, 3.05) is 13.1 Å². The van der Waals surface area contributed by atoms with Crippen LogP contribution in [0.25, 0.3) is 0 Å². The molecule has 0 radical (unpaired) electrons. The lowest BCUT2D eigenvalue weighted by Crippen LogP contribution is -2.44. The molecule has 1 aliphatic rings. The molecule has 2 heteroatoms. The molecule has 0 bridgehead atoms. The van der Waals surface area contributed by atoms with E-state index in [4.69, 9.17) is 0 Å². The molecular formula is C13H27NO. The Balaban J connectivity index is 2.17. The molecule has 2 nitrogen and oxygen atoms in total. The summed E-state index contributed by atoms with van der Waals surface area (Å²) < 4.78 is 0. The molecule has 0 aromatic rings. The summed E-state index contributed by atoms with van der Waals surface area (Å²) in [7, 11) is 0. The molecule has 2 atom stereocenters. The smallest absolute Gasteiger partial charge is 0.0768 e. The van der Waals surface area contributed by atoms with Crippen LogP contribution in [0.3, 0.4) is 0 Å². The van der Waals surface area contributed by atoms with E-state index in [0.717, 1.165) is 25.4 Å². The van der Waals surface area contributed by atoms with Gasteiger partial charge in [-0.25, -0.2) is 0 Å². The predicted molar refractivity (Wildman–Crippen MR) is 64.9 cm³/mol. The molecule has 0 spiro atoms. The Bertz CT molecular complexity index is 173. The van der Waals surface area contributed by atoms with E-state index in [-0.39, 0.29) is 0 Å². The van der Waals surface area contributed by atoms with E-state index in [2.05, 4.69) is 19.2 Å². The Morgan fingerprint density at radius 3 is 2.53 bits per heavy atom. The van der Waals surface area contributed by atoms with E-state index in [9.17, 15) is 5.11 Å². The molecule has 0 aliphatic heterocycles. The quantitative estimate of drug-likeness (QED) is 0.711. The van der Waals surface area contributed by atoms with Gasteiger partial charge in [0.1, 0.15) is 0 Å². The van der Waals surface area contributed by atoms with Crippen molar-refractivity contribution in [3.8, 4) is 0 Å². The maximum absolute atomic E-state index is 10.2. The Kier molecular flexibility index (Phi) is 5.07. The Hall–Kier alpha value is -0.0800. The van der Waals surface area contributed by atoms with Crippen molar-refractivity contribution in [1.29, 1.82) is 0 Å². The Labute approximate surface area is 94.5 Å². The molecule has 0 heterocycles. The van der Waals surface area contributed by atoms with Crippen molar-refractivity contribution in [2.45, 2.75) is 58.5 Å². The third kappa shape index (κ3) is 4.12. The van der Waals surface area contributed by atoms with Crippen LogP contribution in [-0.4, -0.2) is 23.8 Å². The molecule has 0 amide bonds. The maximum Gasteiger partial charge on any atom is 0.0768 e. The standard InChI is InChI=1S/C13H27NO/c1-4-11(2)13(3,15)10-14-9-12-7-5-6-8-12/h11-12,14-15H,4-10H2,1-3H3. The molecule has 1 rings (SSSR count). The molecule has 0 aromatic heterocycles. The zero-order valence-corrected chi connectivity index (χ0v) is 10.6. The SMILES string of the molecule is CCC(C)C(C)(O)CNCC1CCCC1. The van der Waals surface area contributed by atoms with E-state index < -0.39 is 5.60 Å². The number of rotatable bonds is 6. The van der Waals surface area contributed by atoms with Gasteiger partial charge in [0.05, 0.1) is 5.60 Å². The minimum Gasteiger partial charge on any atom is -0.389 e. The number of hydrogen-bond acceptors (Lipinski definition) is 2. The third-order valence-electron chi connectivity index (χ3n) is 4.06. The van der Waals surface area contributed by atoms with Crippen molar-refractivity contribution < 1.29 is 5.11 Å². The van der Waals surface area contributed by atoms with Crippen molar-refractivity contribution in [3.63, 3.8) is 0 Å². The van der Waals surface area contributed by atoms with E-state index in [1.165, 1.54) is 25.7 Å². The summed E-state index contributed by atoms with van der Waals surface area (Å²) in [5, 5.41) is 13.6. The van der Waals surface area contributed by atoms with E-state index in [0.29, 0.717) is 5.92 Å². The van der Waals surface area contributed by atoms with Gasteiger partial charge >= 0.3 is 0 Å². The van der Waals surface area contributed by atoms with Crippen molar-refractivity contribution >= 4 is 0 Å². The second kappa shape index (κ2) is 5.86. The van der Waals surface area contributed by atoms with Gasteiger partial charge < -0.3 is 10.4 Å². The molecule has 0 aromatic carbocycles. The highest BCUT2D eigenvalue weighted by Gasteiger charge is 2.26. The Morgan fingerprint density at radius 2 is 2.00 bits per heavy atom. The first-order valence-corrected chi connectivity index (χ1v) is 6.49. The second-order valence-electron chi connectivity index (χ2n) is 5.45. The van der Waals surface area contributed by atoms with Crippen molar-refractivity contribution in [1.82, 2.24) is 5.32 Å². The maximum atomic E-state index is 10.2. The molecular weight excluding hydrogens is 186 g/mol. The predicted octanol–water partition coefficient (Wildman–Crippen LogP) is 2.56. The monoisotopic (exact) mass is 213 g/mol.